The fraction of sp³-hybridized carbons (Fsp3) is 0.800. The third-order valence-corrected chi connectivity index (χ3v) is 5.52. The van der Waals surface area contributed by atoms with Crippen LogP contribution in [0.3, 0.4) is 0 Å². The minimum atomic E-state index is -0.265. The number of carbonyl (C=O) groups is 1. The fourth-order valence-electron chi connectivity index (χ4n) is 4.92. The van der Waals surface area contributed by atoms with E-state index in [4.69, 9.17) is 4.74 Å². The van der Waals surface area contributed by atoms with Crippen LogP contribution in [-0.2, 0) is 9.53 Å². The molecule has 3 aliphatic rings. The lowest BCUT2D eigenvalue weighted by atomic mass is 9.77. The van der Waals surface area contributed by atoms with E-state index in [9.17, 15) is 4.79 Å². The molecule has 2 heteroatoms. The molecule has 0 aliphatic heterocycles. The molecular weight excluding hydrogens is 212 g/mol. The van der Waals surface area contributed by atoms with Crippen LogP contribution in [0.15, 0.2) is 12.7 Å². The van der Waals surface area contributed by atoms with Crippen LogP contribution in [0.5, 0.6) is 0 Å². The first-order valence-corrected chi connectivity index (χ1v) is 6.98. The maximum atomic E-state index is 11.1. The minimum absolute atomic E-state index is 0.265. The molecule has 0 saturated heterocycles. The summed E-state index contributed by atoms with van der Waals surface area (Å²) >= 11 is 0. The van der Waals surface area contributed by atoms with Gasteiger partial charge >= 0.3 is 5.97 Å². The zero-order valence-electron chi connectivity index (χ0n) is 10.6. The predicted octanol–water partition coefficient (Wildman–Crippen LogP) is 3.03. The standard InChI is InChI=1S/C15H22O2/c1-3-15(16)17-8-10-5-13-11-4-9(2)12(7-11)14(13)6-10/h3,9-14H,1,4-8H2,2H3/t9?,10?,11?,12?,13-,14+/m0/s1. The Hall–Kier alpha value is -0.790. The number of rotatable bonds is 3. The van der Waals surface area contributed by atoms with Crippen molar-refractivity contribution in [2.24, 2.45) is 35.5 Å². The topological polar surface area (TPSA) is 26.3 Å². The number of hydrogen-bond donors (Lipinski definition) is 0. The summed E-state index contributed by atoms with van der Waals surface area (Å²) in [7, 11) is 0. The van der Waals surface area contributed by atoms with Crippen LogP contribution in [0.1, 0.15) is 32.6 Å². The van der Waals surface area contributed by atoms with Crippen molar-refractivity contribution in [1.82, 2.24) is 0 Å². The second kappa shape index (κ2) is 4.15. The maximum Gasteiger partial charge on any atom is 0.330 e. The Morgan fingerprint density at radius 2 is 2.00 bits per heavy atom. The second-order valence-electron chi connectivity index (χ2n) is 6.37. The molecule has 0 aromatic heterocycles. The molecule has 2 bridgehead atoms. The average Bonchev–Trinajstić information content (AvgIpc) is 2.95. The van der Waals surface area contributed by atoms with Gasteiger partial charge in [0.25, 0.3) is 0 Å². The van der Waals surface area contributed by atoms with E-state index in [2.05, 4.69) is 13.5 Å². The van der Waals surface area contributed by atoms with E-state index in [1.165, 1.54) is 31.8 Å². The summed E-state index contributed by atoms with van der Waals surface area (Å²) in [4.78, 5) is 11.1. The largest absolute Gasteiger partial charge is 0.462 e. The SMILES string of the molecule is C=CC(=O)OCC1C[C@@H]2C3CC(CC3C)[C@@H]2C1. The van der Waals surface area contributed by atoms with Gasteiger partial charge in [0.2, 0.25) is 0 Å². The van der Waals surface area contributed by atoms with E-state index < -0.39 is 0 Å². The summed E-state index contributed by atoms with van der Waals surface area (Å²) in [6.07, 6.45) is 6.78. The van der Waals surface area contributed by atoms with E-state index in [1.54, 1.807) is 0 Å². The molecule has 2 nitrogen and oxygen atoms in total. The highest BCUT2D eigenvalue weighted by Gasteiger charge is 2.54. The van der Waals surface area contributed by atoms with Crippen molar-refractivity contribution in [3.63, 3.8) is 0 Å². The lowest BCUT2D eigenvalue weighted by Gasteiger charge is -2.28. The summed E-state index contributed by atoms with van der Waals surface area (Å²) in [5.41, 5.74) is 0. The summed E-state index contributed by atoms with van der Waals surface area (Å²) in [5.74, 6) is 5.14. The average molecular weight is 234 g/mol. The number of fused-ring (bicyclic) bond motifs is 5. The first-order valence-electron chi connectivity index (χ1n) is 6.98. The molecule has 17 heavy (non-hydrogen) atoms. The van der Waals surface area contributed by atoms with Crippen molar-refractivity contribution < 1.29 is 9.53 Å². The Bertz CT molecular complexity index is 336. The lowest BCUT2D eigenvalue weighted by molar-refractivity contribution is -0.139. The number of esters is 1. The highest BCUT2D eigenvalue weighted by Crippen LogP contribution is 2.61. The van der Waals surface area contributed by atoms with Gasteiger partial charge in [0.05, 0.1) is 6.61 Å². The molecule has 0 spiro atoms. The summed E-state index contributed by atoms with van der Waals surface area (Å²) in [5, 5.41) is 0. The van der Waals surface area contributed by atoms with Crippen LogP contribution in [-0.4, -0.2) is 12.6 Å². The molecule has 0 radical (unpaired) electrons. The molecule has 94 valence electrons. The molecule has 6 atom stereocenters. The third kappa shape index (κ3) is 1.82. The normalized spacial score (nSPS) is 46.9. The molecule has 0 aromatic carbocycles. The minimum Gasteiger partial charge on any atom is -0.462 e. The third-order valence-electron chi connectivity index (χ3n) is 5.52. The molecule has 3 fully saturated rings. The Morgan fingerprint density at radius 3 is 2.76 bits per heavy atom. The first-order chi connectivity index (χ1) is 8.19. The maximum absolute atomic E-state index is 11.1. The summed E-state index contributed by atoms with van der Waals surface area (Å²) in [6, 6.07) is 0. The van der Waals surface area contributed by atoms with Gasteiger partial charge in [-0.05, 0) is 61.2 Å². The highest BCUT2D eigenvalue weighted by atomic mass is 16.5. The van der Waals surface area contributed by atoms with Crippen LogP contribution >= 0.6 is 0 Å². The van der Waals surface area contributed by atoms with Gasteiger partial charge in [0.15, 0.2) is 0 Å². The quantitative estimate of drug-likeness (QED) is 0.554. The van der Waals surface area contributed by atoms with E-state index in [1.807, 2.05) is 0 Å². The van der Waals surface area contributed by atoms with Gasteiger partial charge in [-0.25, -0.2) is 4.79 Å². The summed E-state index contributed by atoms with van der Waals surface area (Å²) < 4.78 is 5.20. The smallest absolute Gasteiger partial charge is 0.330 e. The van der Waals surface area contributed by atoms with E-state index >= 15 is 0 Å². The zero-order valence-corrected chi connectivity index (χ0v) is 10.6. The van der Waals surface area contributed by atoms with Gasteiger partial charge in [-0.15, -0.1) is 0 Å². The molecule has 0 amide bonds. The molecule has 0 N–H and O–H groups in total. The van der Waals surface area contributed by atoms with Crippen LogP contribution < -0.4 is 0 Å². The number of ether oxygens (including phenoxy) is 1. The van der Waals surface area contributed by atoms with E-state index in [-0.39, 0.29) is 5.97 Å². The molecule has 0 aromatic rings. The van der Waals surface area contributed by atoms with Crippen molar-refractivity contribution >= 4 is 5.97 Å². The van der Waals surface area contributed by atoms with Crippen LogP contribution in [0.4, 0.5) is 0 Å². The highest BCUT2D eigenvalue weighted by molar-refractivity contribution is 5.81. The van der Waals surface area contributed by atoms with Gasteiger partial charge in [-0.1, -0.05) is 13.5 Å². The molecular formula is C15H22O2. The molecule has 3 aliphatic carbocycles. The van der Waals surface area contributed by atoms with Gasteiger partial charge in [0, 0.05) is 6.08 Å². The first kappa shape index (κ1) is 11.3. The second-order valence-corrected chi connectivity index (χ2v) is 6.37. The Labute approximate surface area is 103 Å². The zero-order chi connectivity index (χ0) is 12.0. The van der Waals surface area contributed by atoms with Crippen molar-refractivity contribution in [2.75, 3.05) is 6.61 Å². The van der Waals surface area contributed by atoms with Crippen molar-refractivity contribution in [3.05, 3.63) is 12.7 Å². The van der Waals surface area contributed by atoms with Crippen LogP contribution in [0.2, 0.25) is 0 Å². The Balaban J connectivity index is 1.56. The molecule has 3 rings (SSSR count). The Morgan fingerprint density at radius 1 is 1.24 bits per heavy atom. The van der Waals surface area contributed by atoms with Gasteiger partial charge < -0.3 is 4.74 Å². The van der Waals surface area contributed by atoms with Gasteiger partial charge in [-0.3, -0.25) is 0 Å². The molecule has 0 heterocycles. The predicted molar refractivity (Wildman–Crippen MR) is 66.2 cm³/mol. The summed E-state index contributed by atoms with van der Waals surface area (Å²) in [6.45, 7) is 6.47. The molecule has 4 unspecified atom stereocenters. The number of hydrogen-bond acceptors (Lipinski definition) is 2. The monoisotopic (exact) mass is 234 g/mol. The van der Waals surface area contributed by atoms with Crippen molar-refractivity contribution in [1.29, 1.82) is 0 Å². The van der Waals surface area contributed by atoms with E-state index in [0.717, 1.165) is 29.6 Å². The lowest BCUT2D eigenvalue weighted by Crippen LogP contribution is -2.22. The Kier molecular flexibility index (Phi) is 2.76. The molecule has 3 saturated carbocycles. The van der Waals surface area contributed by atoms with Gasteiger partial charge in [0.1, 0.15) is 0 Å². The van der Waals surface area contributed by atoms with Crippen LogP contribution in [0.25, 0.3) is 0 Å². The van der Waals surface area contributed by atoms with Crippen molar-refractivity contribution in [3.8, 4) is 0 Å². The number of carbonyl (C=O) groups excluding carboxylic acids is 1. The van der Waals surface area contributed by atoms with Crippen molar-refractivity contribution in [2.45, 2.75) is 32.6 Å². The van der Waals surface area contributed by atoms with E-state index in [0.29, 0.717) is 12.5 Å². The van der Waals surface area contributed by atoms with Gasteiger partial charge in [-0.2, -0.15) is 0 Å². The fourth-order valence-corrected chi connectivity index (χ4v) is 4.92. The van der Waals surface area contributed by atoms with Crippen LogP contribution in [0, 0.1) is 35.5 Å².